The number of nitrogens with zero attached hydrogens (tertiary/aromatic N) is 4. The predicted molar refractivity (Wildman–Crippen MR) is 100 cm³/mol. The Morgan fingerprint density at radius 1 is 1.36 bits per heavy atom. The number of rotatable bonds is 6. The van der Waals surface area contributed by atoms with Crippen molar-refractivity contribution in [2.75, 3.05) is 6.54 Å². The van der Waals surface area contributed by atoms with Crippen LogP contribution < -0.4 is 5.32 Å². The fraction of sp³-hybridized carbons (Fsp3) is 0.632. The highest BCUT2D eigenvalue weighted by molar-refractivity contribution is 5.74. The van der Waals surface area contributed by atoms with Gasteiger partial charge in [0.25, 0.3) is 0 Å². The fourth-order valence-electron chi connectivity index (χ4n) is 4.21. The van der Waals surface area contributed by atoms with Crippen molar-refractivity contribution < 1.29 is 0 Å². The molecule has 25 heavy (non-hydrogen) atoms. The molecule has 2 atom stereocenters. The summed E-state index contributed by atoms with van der Waals surface area (Å²) < 4.78 is 1.87. The van der Waals surface area contributed by atoms with Crippen LogP contribution in [0.2, 0.25) is 0 Å². The molecule has 0 bridgehead atoms. The Balaban J connectivity index is 1.44. The van der Waals surface area contributed by atoms with Gasteiger partial charge in [-0.2, -0.15) is 0 Å². The summed E-state index contributed by atoms with van der Waals surface area (Å²) in [5, 5.41) is 12.5. The lowest BCUT2D eigenvalue weighted by Crippen LogP contribution is -2.28. The first-order chi connectivity index (χ1) is 12.2. The highest BCUT2D eigenvalue weighted by Gasteiger charge is 2.33. The highest BCUT2D eigenvalue weighted by atomic mass is 15.4. The van der Waals surface area contributed by atoms with Gasteiger partial charge in [0.2, 0.25) is 0 Å². The van der Waals surface area contributed by atoms with Crippen molar-refractivity contribution in [1.82, 2.24) is 25.3 Å². The Kier molecular flexibility index (Phi) is 4.46. The zero-order valence-corrected chi connectivity index (χ0v) is 15.2. The minimum absolute atomic E-state index is 0.493. The standard InChI is InChI=1S/C19H28N6/c1-12-10-16(12)22-11-13-4-6-14(7-5-13)17-18(25(3)24-23-17)15-8-9-21-19(15)20-2/h8-9,12-14,16,21-22H,2,4-7,10-11H2,1,3H3. The number of hydrogen-bond acceptors (Lipinski definition) is 4. The van der Waals surface area contributed by atoms with Gasteiger partial charge in [-0.3, -0.25) is 0 Å². The van der Waals surface area contributed by atoms with Gasteiger partial charge in [0.1, 0.15) is 5.82 Å². The molecule has 2 aromatic heterocycles. The molecule has 2 aromatic rings. The maximum absolute atomic E-state index is 4.51. The molecule has 2 aliphatic rings. The summed E-state index contributed by atoms with van der Waals surface area (Å²) in [5.41, 5.74) is 3.25. The number of hydrogen-bond donors (Lipinski definition) is 2. The summed E-state index contributed by atoms with van der Waals surface area (Å²) in [6, 6.07) is 2.82. The third kappa shape index (κ3) is 3.27. The average Bonchev–Trinajstić information content (AvgIpc) is 2.99. The van der Waals surface area contributed by atoms with E-state index < -0.39 is 0 Å². The van der Waals surface area contributed by atoms with Crippen LogP contribution in [-0.2, 0) is 7.05 Å². The minimum Gasteiger partial charge on any atom is -0.346 e. The predicted octanol–water partition coefficient (Wildman–Crippen LogP) is 3.41. The SMILES string of the molecule is C=Nc1[nH]ccc1-c1c(C2CCC(CNC3CC3C)CC2)nnn1C. The van der Waals surface area contributed by atoms with Gasteiger partial charge in [-0.25, -0.2) is 9.67 Å². The lowest BCUT2D eigenvalue weighted by molar-refractivity contribution is 0.310. The molecule has 2 unspecified atom stereocenters. The van der Waals surface area contributed by atoms with Crippen LogP contribution in [0, 0.1) is 11.8 Å². The minimum atomic E-state index is 0.493. The number of nitrogens with one attached hydrogen (secondary N) is 2. The molecule has 2 heterocycles. The molecule has 2 aliphatic carbocycles. The first-order valence-electron chi connectivity index (χ1n) is 9.44. The Morgan fingerprint density at radius 2 is 2.12 bits per heavy atom. The van der Waals surface area contributed by atoms with Crippen molar-refractivity contribution in [2.24, 2.45) is 23.9 Å². The van der Waals surface area contributed by atoms with E-state index in [0.29, 0.717) is 5.92 Å². The maximum atomic E-state index is 4.51. The topological polar surface area (TPSA) is 70.9 Å². The van der Waals surface area contributed by atoms with Crippen LogP contribution in [0.15, 0.2) is 17.3 Å². The Morgan fingerprint density at radius 3 is 2.80 bits per heavy atom. The third-order valence-corrected chi connectivity index (χ3v) is 6.00. The molecule has 6 heteroatoms. The summed E-state index contributed by atoms with van der Waals surface area (Å²) in [7, 11) is 1.96. The van der Waals surface area contributed by atoms with Crippen molar-refractivity contribution in [1.29, 1.82) is 0 Å². The van der Waals surface area contributed by atoms with Crippen LogP contribution in [0.1, 0.15) is 50.6 Å². The smallest absolute Gasteiger partial charge is 0.138 e. The summed E-state index contributed by atoms with van der Waals surface area (Å²) in [5.74, 6) is 2.98. The lowest BCUT2D eigenvalue weighted by Gasteiger charge is -2.28. The molecule has 0 spiro atoms. The Hall–Kier alpha value is -1.95. The normalized spacial score (nSPS) is 28.9. The Labute approximate surface area is 149 Å². The van der Waals surface area contributed by atoms with Crippen LogP contribution in [0.25, 0.3) is 11.3 Å². The van der Waals surface area contributed by atoms with Crippen molar-refractivity contribution in [3.63, 3.8) is 0 Å². The molecule has 0 aliphatic heterocycles. The fourth-order valence-corrected chi connectivity index (χ4v) is 4.21. The van der Waals surface area contributed by atoms with Gasteiger partial charge in [0.15, 0.2) is 0 Å². The molecule has 0 aromatic carbocycles. The second kappa shape index (κ2) is 6.75. The van der Waals surface area contributed by atoms with Crippen LogP contribution >= 0.6 is 0 Å². The van der Waals surface area contributed by atoms with Crippen LogP contribution in [0.3, 0.4) is 0 Å². The second-order valence-electron chi connectivity index (χ2n) is 7.79. The van der Waals surface area contributed by atoms with Crippen molar-refractivity contribution in [3.05, 3.63) is 18.0 Å². The number of aromatic nitrogens is 4. The van der Waals surface area contributed by atoms with Gasteiger partial charge < -0.3 is 10.3 Å². The average molecular weight is 340 g/mol. The summed E-state index contributed by atoms with van der Waals surface area (Å²) in [6.45, 7) is 7.17. The Bertz CT molecular complexity index is 737. The van der Waals surface area contributed by atoms with Gasteiger partial charge in [0, 0.05) is 30.8 Å². The van der Waals surface area contributed by atoms with Crippen LogP contribution in [0.5, 0.6) is 0 Å². The van der Waals surface area contributed by atoms with E-state index in [0.717, 1.165) is 40.6 Å². The first kappa shape index (κ1) is 16.5. The monoisotopic (exact) mass is 340 g/mol. The van der Waals surface area contributed by atoms with Crippen molar-refractivity contribution in [2.45, 2.75) is 51.0 Å². The van der Waals surface area contributed by atoms with Gasteiger partial charge >= 0.3 is 0 Å². The molecule has 2 fully saturated rings. The zero-order chi connectivity index (χ0) is 17.4. The van der Waals surface area contributed by atoms with Crippen molar-refractivity contribution in [3.8, 4) is 11.3 Å². The quantitative estimate of drug-likeness (QED) is 0.792. The van der Waals surface area contributed by atoms with E-state index in [2.05, 4.69) is 39.2 Å². The molecular weight excluding hydrogens is 312 g/mol. The second-order valence-corrected chi connectivity index (χ2v) is 7.79. The van der Waals surface area contributed by atoms with E-state index in [1.807, 2.05) is 24.0 Å². The van der Waals surface area contributed by atoms with E-state index in [4.69, 9.17) is 0 Å². The number of aryl methyl sites for hydroxylation is 1. The van der Waals surface area contributed by atoms with Gasteiger partial charge in [-0.05, 0) is 63.3 Å². The molecule has 2 saturated carbocycles. The molecular formula is C19H28N6. The van der Waals surface area contributed by atoms with E-state index in [1.165, 1.54) is 38.6 Å². The van der Waals surface area contributed by atoms with Gasteiger partial charge in [0.05, 0.1) is 11.4 Å². The lowest BCUT2D eigenvalue weighted by atomic mass is 9.79. The highest BCUT2D eigenvalue weighted by Crippen LogP contribution is 2.40. The molecule has 2 N–H and O–H groups in total. The summed E-state index contributed by atoms with van der Waals surface area (Å²) in [4.78, 5) is 7.23. The number of H-pyrrole nitrogens is 1. The van der Waals surface area contributed by atoms with Gasteiger partial charge in [-0.15, -0.1) is 5.10 Å². The zero-order valence-electron chi connectivity index (χ0n) is 15.2. The third-order valence-electron chi connectivity index (χ3n) is 6.00. The van der Waals surface area contributed by atoms with E-state index in [1.54, 1.807) is 0 Å². The van der Waals surface area contributed by atoms with Crippen molar-refractivity contribution >= 4 is 12.5 Å². The number of aromatic amines is 1. The van der Waals surface area contributed by atoms with Crippen LogP contribution in [-0.4, -0.2) is 39.3 Å². The molecule has 0 saturated heterocycles. The van der Waals surface area contributed by atoms with Gasteiger partial charge in [-0.1, -0.05) is 12.1 Å². The molecule has 0 amide bonds. The molecule has 134 valence electrons. The molecule has 4 rings (SSSR count). The van der Waals surface area contributed by atoms with E-state index in [-0.39, 0.29) is 0 Å². The van der Waals surface area contributed by atoms with Crippen LogP contribution in [0.4, 0.5) is 5.82 Å². The van der Waals surface area contributed by atoms with E-state index >= 15 is 0 Å². The summed E-state index contributed by atoms with van der Waals surface area (Å²) in [6.07, 6.45) is 8.19. The molecule has 0 radical (unpaired) electrons. The maximum Gasteiger partial charge on any atom is 0.138 e. The summed E-state index contributed by atoms with van der Waals surface area (Å²) >= 11 is 0. The molecule has 6 nitrogen and oxygen atoms in total. The van der Waals surface area contributed by atoms with E-state index in [9.17, 15) is 0 Å². The number of aliphatic imine (C=N–C) groups is 1. The largest absolute Gasteiger partial charge is 0.346 e. The first-order valence-corrected chi connectivity index (χ1v) is 9.44.